The Balaban J connectivity index is 2.08. The fourth-order valence-electron chi connectivity index (χ4n) is 1.59. The molecule has 1 heterocycles. The third-order valence-electron chi connectivity index (χ3n) is 2.73. The van der Waals surface area contributed by atoms with Gasteiger partial charge in [0.15, 0.2) is 0 Å². The number of aromatic nitrogens is 2. The Morgan fingerprint density at radius 2 is 2.05 bits per heavy atom. The van der Waals surface area contributed by atoms with Crippen molar-refractivity contribution in [3.63, 3.8) is 0 Å². The number of ether oxygens (including phenoxy) is 2. The lowest BCUT2D eigenvalue weighted by molar-refractivity contribution is 0.0695. The molecule has 0 saturated heterocycles. The zero-order chi connectivity index (χ0) is 14.1. The number of rotatable bonds is 9. The molecule has 0 radical (unpaired) electrons. The largest absolute Gasteiger partial charge is 0.382 e. The van der Waals surface area contributed by atoms with Crippen LogP contribution in [0.2, 0.25) is 0 Å². The maximum absolute atomic E-state index is 5.39. The van der Waals surface area contributed by atoms with Crippen molar-refractivity contribution in [1.29, 1.82) is 0 Å². The summed E-state index contributed by atoms with van der Waals surface area (Å²) in [5, 5.41) is 7.77. The molecule has 0 unspecified atom stereocenters. The van der Waals surface area contributed by atoms with Crippen molar-refractivity contribution in [3.8, 4) is 0 Å². The van der Waals surface area contributed by atoms with Crippen LogP contribution >= 0.6 is 0 Å². The van der Waals surface area contributed by atoms with Gasteiger partial charge in [-0.2, -0.15) is 5.10 Å². The molecular formula is C14H27N3O2. The lowest BCUT2D eigenvalue weighted by Gasteiger charge is -2.18. The fourth-order valence-corrected chi connectivity index (χ4v) is 1.59. The van der Waals surface area contributed by atoms with Gasteiger partial charge in [0.1, 0.15) is 0 Å². The van der Waals surface area contributed by atoms with Gasteiger partial charge in [0.25, 0.3) is 0 Å². The molecule has 1 aromatic heterocycles. The van der Waals surface area contributed by atoms with Crippen LogP contribution < -0.4 is 5.32 Å². The normalized spacial score (nSPS) is 12.0. The van der Waals surface area contributed by atoms with Gasteiger partial charge in [-0.25, -0.2) is 0 Å². The van der Waals surface area contributed by atoms with E-state index in [4.69, 9.17) is 9.47 Å². The van der Waals surface area contributed by atoms with E-state index in [0.717, 1.165) is 26.1 Å². The van der Waals surface area contributed by atoms with Crippen LogP contribution in [0.5, 0.6) is 0 Å². The Bertz CT molecular complexity index is 345. The zero-order valence-electron chi connectivity index (χ0n) is 12.6. The van der Waals surface area contributed by atoms with Gasteiger partial charge in [-0.1, -0.05) is 0 Å². The summed E-state index contributed by atoms with van der Waals surface area (Å²) in [7, 11) is 1.68. The van der Waals surface area contributed by atoms with Gasteiger partial charge < -0.3 is 14.8 Å². The summed E-state index contributed by atoms with van der Waals surface area (Å²) in [6.07, 6.45) is 5.03. The van der Waals surface area contributed by atoms with Crippen LogP contribution in [0, 0.1) is 0 Å². The zero-order valence-corrected chi connectivity index (χ0v) is 12.6. The predicted octanol–water partition coefficient (Wildman–Crippen LogP) is 1.78. The fraction of sp³-hybridized carbons (Fsp3) is 0.786. The molecule has 0 fully saturated rings. The second-order valence-corrected chi connectivity index (χ2v) is 5.60. The maximum Gasteiger partial charge on any atom is 0.0700 e. The molecule has 0 atom stereocenters. The van der Waals surface area contributed by atoms with Crippen LogP contribution in [-0.4, -0.2) is 43.3 Å². The van der Waals surface area contributed by atoms with E-state index in [1.807, 2.05) is 10.9 Å². The summed E-state index contributed by atoms with van der Waals surface area (Å²) in [6.45, 7) is 10.4. The molecule has 0 aliphatic carbocycles. The minimum atomic E-state index is 0.0490. The molecule has 1 N–H and O–H groups in total. The summed E-state index contributed by atoms with van der Waals surface area (Å²) < 4.78 is 12.3. The smallest absolute Gasteiger partial charge is 0.0700 e. The molecule has 1 rings (SSSR count). The molecule has 0 amide bonds. The van der Waals surface area contributed by atoms with E-state index in [0.29, 0.717) is 13.2 Å². The van der Waals surface area contributed by atoms with Crippen molar-refractivity contribution in [3.05, 3.63) is 18.0 Å². The quantitative estimate of drug-likeness (QED) is 0.694. The van der Waals surface area contributed by atoms with E-state index in [2.05, 4.69) is 37.4 Å². The van der Waals surface area contributed by atoms with Crippen molar-refractivity contribution in [2.24, 2.45) is 0 Å². The van der Waals surface area contributed by atoms with Crippen LogP contribution in [0.4, 0.5) is 0 Å². The molecule has 110 valence electrons. The van der Waals surface area contributed by atoms with Crippen molar-refractivity contribution >= 4 is 0 Å². The summed E-state index contributed by atoms with van der Waals surface area (Å²) in [4.78, 5) is 0. The molecule has 0 aliphatic heterocycles. The minimum absolute atomic E-state index is 0.0490. The molecule has 0 saturated carbocycles. The monoisotopic (exact) mass is 269 g/mol. The second kappa shape index (κ2) is 8.30. The van der Waals surface area contributed by atoms with Crippen LogP contribution in [-0.2, 0) is 21.6 Å². The molecule has 0 bridgehead atoms. The lowest BCUT2D eigenvalue weighted by atomic mass is 10.1. The molecule has 0 spiro atoms. The van der Waals surface area contributed by atoms with Crippen molar-refractivity contribution < 1.29 is 9.47 Å². The molecule has 5 nitrogen and oxygen atoms in total. The van der Waals surface area contributed by atoms with Crippen LogP contribution in [0.3, 0.4) is 0 Å². The van der Waals surface area contributed by atoms with E-state index < -0.39 is 0 Å². The van der Waals surface area contributed by atoms with E-state index in [1.165, 1.54) is 5.56 Å². The minimum Gasteiger partial charge on any atom is -0.382 e. The number of hydrogen-bond acceptors (Lipinski definition) is 4. The molecular weight excluding hydrogens is 242 g/mol. The van der Waals surface area contributed by atoms with Crippen molar-refractivity contribution in [1.82, 2.24) is 15.1 Å². The molecule has 0 aliphatic rings. The van der Waals surface area contributed by atoms with Crippen LogP contribution in [0.15, 0.2) is 12.4 Å². The molecule has 19 heavy (non-hydrogen) atoms. The highest BCUT2D eigenvalue weighted by molar-refractivity contribution is 5.04. The Kier molecular flexibility index (Phi) is 7.05. The second-order valence-electron chi connectivity index (χ2n) is 5.60. The average Bonchev–Trinajstić information content (AvgIpc) is 2.81. The van der Waals surface area contributed by atoms with E-state index >= 15 is 0 Å². The average molecular weight is 269 g/mol. The SMILES string of the molecule is COCCOCCCNCc1cnn(C(C)(C)C)c1. The topological polar surface area (TPSA) is 48.3 Å². The van der Waals surface area contributed by atoms with Gasteiger partial charge in [-0.3, -0.25) is 4.68 Å². The summed E-state index contributed by atoms with van der Waals surface area (Å²) in [5.41, 5.74) is 1.27. The van der Waals surface area contributed by atoms with Crippen molar-refractivity contribution in [2.45, 2.75) is 39.3 Å². The first-order chi connectivity index (χ1) is 9.04. The molecule has 1 aromatic rings. The highest BCUT2D eigenvalue weighted by Gasteiger charge is 2.13. The highest BCUT2D eigenvalue weighted by Crippen LogP contribution is 2.12. The van der Waals surface area contributed by atoms with Gasteiger partial charge >= 0.3 is 0 Å². The Morgan fingerprint density at radius 3 is 2.68 bits per heavy atom. The highest BCUT2D eigenvalue weighted by atomic mass is 16.5. The first kappa shape index (κ1) is 16.1. The number of methoxy groups -OCH3 is 1. The van der Waals surface area contributed by atoms with Crippen molar-refractivity contribution in [2.75, 3.05) is 33.5 Å². The van der Waals surface area contributed by atoms with E-state index in [9.17, 15) is 0 Å². The first-order valence-electron chi connectivity index (χ1n) is 6.85. The first-order valence-corrected chi connectivity index (χ1v) is 6.85. The van der Waals surface area contributed by atoms with Gasteiger partial charge in [0.2, 0.25) is 0 Å². The van der Waals surface area contributed by atoms with E-state index in [1.54, 1.807) is 7.11 Å². The van der Waals surface area contributed by atoms with Crippen LogP contribution in [0.25, 0.3) is 0 Å². The Labute approximate surface area is 116 Å². The summed E-state index contributed by atoms with van der Waals surface area (Å²) in [5.74, 6) is 0. The number of nitrogens with one attached hydrogen (secondary N) is 1. The van der Waals surface area contributed by atoms with E-state index in [-0.39, 0.29) is 5.54 Å². The third kappa shape index (κ3) is 6.71. The van der Waals surface area contributed by atoms with Gasteiger partial charge in [0, 0.05) is 32.0 Å². The maximum atomic E-state index is 5.39. The van der Waals surface area contributed by atoms with Crippen LogP contribution in [0.1, 0.15) is 32.8 Å². The molecule has 5 heteroatoms. The van der Waals surface area contributed by atoms with Gasteiger partial charge in [-0.15, -0.1) is 0 Å². The summed E-state index contributed by atoms with van der Waals surface area (Å²) in [6, 6.07) is 0. The Hall–Kier alpha value is -0.910. The van der Waals surface area contributed by atoms with Gasteiger partial charge in [-0.05, 0) is 33.7 Å². The summed E-state index contributed by atoms with van der Waals surface area (Å²) >= 11 is 0. The molecule has 0 aromatic carbocycles. The number of nitrogens with zero attached hydrogens (tertiary/aromatic N) is 2. The third-order valence-corrected chi connectivity index (χ3v) is 2.73. The Morgan fingerprint density at radius 1 is 1.26 bits per heavy atom. The number of hydrogen-bond donors (Lipinski definition) is 1. The van der Waals surface area contributed by atoms with Gasteiger partial charge in [0.05, 0.1) is 24.9 Å². The predicted molar refractivity (Wildman–Crippen MR) is 76.2 cm³/mol. The lowest BCUT2D eigenvalue weighted by Crippen LogP contribution is -2.22. The standard InChI is InChI=1S/C14H27N3O2/c1-14(2,3)17-12-13(11-16-17)10-15-6-5-7-19-9-8-18-4/h11-12,15H,5-10H2,1-4H3.